The molecule has 0 aromatic carbocycles. The summed E-state index contributed by atoms with van der Waals surface area (Å²) in [5, 5.41) is 0. The molecule has 0 rings (SSSR count). The van der Waals surface area contributed by atoms with Gasteiger partial charge < -0.3 is 4.90 Å². The van der Waals surface area contributed by atoms with Crippen LogP contribution in [0.25, 0.3) is 0 Å². The van der Waals surface area contributed by atoms with Gasteiger partial charge in [0.15, 0.2) is 0 Å². The Morgan fingerprint density at radius 1 is 1.15 bits per heavy atom. The lowest BCUT2D eigenvalue weighted by molar-refractivity contribution is 0.232. The van der Waals surface area contributed by atoms with E-state index in [1.54, 1.807) is 0 Å². The molecule has 13 heavy (non-hydrogen) atoms. The Hall–Kier alpha value is -0.110. The monoisotopic (exact) mass is 189 g/mol. The van der Waals surface area contributed by atoms with E-state index in [2.05, 4.69) is 25.7 Å². The summed E-state index contributed by atoms with van der Waals surface area (Å²) in [4.78, 5) is 2.23. The van der Waals surface area contributed by atoms with Crippen LogP contribution in [0.4, 0.5) is 4.39 Å². The number of hydrogen-bond acceptors (Lipinski definition) is 1. The highest BCUT2D eigenvalue weighted by atomic mass is 19.1. The van der Waals surface area contributed by atoms with Crippen molar-refractivity contribution in [2.24, 2.45) is 5.92 Å². The van der Waals surface area contributed by atoms with Gasteiger partial charge in [0, 0.05) is 6.54 Å². The number of alkyl halides is 1. The molecule has 1 unspecified atom stereocenters. The van der Waals surface area contributed by atoms with Crippen molar-refractivity contribution in [2.45, 2.75) is 40.0 Å². The largest absolute Gasteiger partial charge is 0.301 e. The van der Waals surface area contributed by atoms with Crippen LogP contribution in [0.1, 0.15) is 40.0 Å². The molecule has 0 aliphatic carbocycles. The van der Waals surface area contributed by atoms with E-state index in [1.807, 2.05) is 0 Å². The van der Waals surface area contributed by atoms with Crippen LogP contribution in [0.5, 0.6) is 0 Å². The topological polar surface area (TPSA) is 3.24 Å². The first kappa shape index (κ1) is 12.9. The first-order valence-electron chi connectivity index (χ1n) is 5.52. The Bertz CT molecular complexity index is 100. The molecule has 1 nitrogen and oxygen atoms in total. The van der Waals surface area contributed by atoms with Gasteiger partial charge in [-0.3, -0.25) is 0 Å². The van der Waals surface area contributed by atoms with Crippen LogP contribution in [-0.2, 0) is 0 Å². The molecule has 2 heteroatoms. The molecular weight excluding hydrogens is 165 g/mol. The molecule has 0 heterocycles. The van der Waals surface area contributed by atoms with Gasteiger partial charge in [-0.15, -0.1) is 0 Å². The van der Waals surface area contributed by atoms with Crippen molar-refractivity contribution in [2.75, 3.05) is 26.3 Å². The minimum atomic E-state index is -0.208. The average Bonchev–Trinajstić information content (AvgIpc) is 2.14. The minimum Gasteiger partial charge on any atom is -0.301 e. The van der Waals surface area contributed by atoms with Crippen LogP contribution in [0.15, 0.2) is 0 Å². The third kappa shape index (κ3) is 7.00. The van der Waals surface area contributed by atoms with E-state index in [9.17, 15) is 4.39 Å². The molecule has 0 amide bonds. The first-order valence-corrected chi connectivity index (χ1v) is 5.52. The van der Waals surface area contributed by atoms with Gasteiger partial charge in [-0.2, -0.15) is 0 Å². The fraction of sp³-hybridized carbons (Fsp3) is 1.00. The SMILES string of the molecule is CCCN(CCF)CCC(C)CC. The lowest BCUT2D eigenvalue weighted by atomic mass is 10.1. The van der Waals surface area contributed by atoms with Gasteiger partial charge in [0.1, 0.15) is 6.67 Å². The normalized spacial score (nSPS) is 13.6. The minimum absolute atomic E-state index is 0.208. The van der Waals surface area contributed by atoms with Gasteiger partial charge >= 0.3 is 0 Å². The van der Waals surface area contributed by atoms with Crippen LogP contribution in [0.3, 0.4) is 0 Å². The molecule has 0 aliphatic heterocycles. The van der Waals surface area contributed by atoms with Crippen molar-refractivity contribution in [1.82, 2.24) is 4.90 Å². The van der Waals surface area contributed by atoms with Gasteiger partial charge in [0.05, 0.1) is 0 Å². The second-order valence-corrected chi connectivity index (χ2v) is 3.83. The van der Waals surface area contributed by atoms with Gasteiger partial charge in [-0.25, -0.2) is 4.39 Å². The quantitative estimate of drug-likeness (QED) is 0.567. The highest BCUT2D eigenvalue weighted by Crippen LogP contribution is 2.07. The van der Waals surface area contributed by atoms with Crippen molar-refractivity contribution in [3.63, 3.8) is 0 Å². The maximum Gasteiger partial charge on any atom is 0.102 e. The second kappa shape index (κ2) is 8.49. The van der Waals surface area contributed by atoms with Crippen LogP contribution in [0, 0.1) is 5.92 Å². The molecule has 0 bridgehead atoms. The van der Waals surface area contributed by atoms with E-state index in [1.165, 1.54) is 12.8 Å². The van der Waals surface area contributed by atoms with Crippen LogP contribution in [0.2, 0.25) is 0 Å². The molecule has 0 radical (unpaired) electrons. The van der Waals surface area contributed by atoms with Gasteiger partial charge in [0.25, 0.3) is 0 Å². The Kier molecular flexibility index (Phi) is 8.41. The third-order valence-corrected chi connectivity index (χ3v) is 2.58. The molecule has 0 saturated carbocycles. The summed E-state index contributed by atoms with van der Waals surface area (Å²) >= 11 is 0. The molecule has 0 N–H and O–H groups in total. The number of rotatable bonds is 8. The molecule has 1 atom stereocenters. The van der Waals surface area contributed by atoms with Crippen molar-refractivity contribution in [3.05, 3.63) is 0 Å². The van der Waals surface area contributed by atoms with Gasteiger partial charge in [-0.1, -0.05) is 27.2 Å². The molecule has 0 saturated heterocycles. The summed E-state index contributed by atoms with van der Waals surface area (Å²) in [6.45, 7) is 9.13. The standard InChI is InChI=1S/C11H24FN/c1-4-8-13(10-7-12)9-6-11(3)5-2/h11H,4-10H2,1-3H3. The third-order valence-electron chi connectivity index (χ3n) is 2.58. The zero-order valence-electron chi connectivity index (χ0n) is 9.35. The second-order valence-electron chi connectivity index (χ2n) is 3.83. The highest BCUT2D eigenvalue weighted by Gasteiger charge is 2.05. The van der Waals surface area contributed by atoms with Crippen molar-refractivity contribution in [1.29, 1.82) is 0 Å². The fourth-order valence-electron chi connectivity index (χ4n) is 1.38. The summed E-state index contributed by atoms with van der Waals surface area (Å²) in [6, 6.07) is 0. The van der Waals surface area contributed by atoms with E-state index in [0.29, 0.717) is 6.54 Å². The smallest absolute Gasteiger partial charge is 0.102 e. The molecule has 0 spiro atoms. The summed E-state index contributed by atoms with van der Waals surface area (Å²) < 4.78 is 12.1. The molecule has 0 aromatic heterocycles. The van der Waals surface area contributed by atoms with Crippen LogP contribution in [-0.4, -0.2) is 31.2 Å². The van der Waals surface area contributed by atoms with E-state index in [0.717, 1.165) is 25.4 Å². The summed E-state index contributed by atoms with van der Waals surface area (Å²) in [5.41, 5.74) is 0. The predicted molar refractivity (Wildman–Crippen MR) is 56.8 cm³/mol. The summed E-state index contributed by atoms with van der Waals surface area (Å²) in [7, 11) is 0. The summed E-state index contributed by atoms with van der Waals surface area (Å²) in [6.07, 6.45) is 3.56. The first-order chi connectivity index (χ1) is 6.24. The van der Waals surface area contributed by atoms with Crippen molar-refractivity contribution in [3.8, 4) is 0 Å². The Balaban J connectivity index is 3.55. The predicted octanol–water partition coefficient (Wildman–Crippen LogP) is 3.10. The molecule has 0 fully saturated rings. The average molecular weight is 189 g/mol. The number of halogens is 1. The van der Waals surface area contributed by atoms with E-state index in [-0.39, 0.29) is 6.67 Å². The maximum absolute atomic E-state index is 12.1. The van der Waals surface area contributed by atoms with Gasteiger partial charge in [0.2, 0.25) is 0 Å². The Labute approximate surface area is 82.3 Å². The fourth-order valence-corrected chi connectivity index (χ4v) is 1.38. The Morgan fingerprint density at radius 3 is 2.31 bits per heavy atom. The van der Waals surface area contributed by atoms with Crippen molar-refractivity contribution >= 4 is 0 Å². The molecular formula is C11H24FN. The molecule has 0 aromatic rings. The molecule has 80 valence electrons. The Morgan fingerprint density at radius 2 is 1.85 bits per heavy atom. The zero-order chi connectivity index (χ0) is 10.1. The highest BCUT2D eigenvalue weighted by molar-refractivity contribution is 4.59. The van der Waals surface area contributed by atoms with Crippen molar-refractivity contribution < 1.29 is 4.39 Å². The van der Waals surface area contributed by atoms with Crippen LogP contribution >= 0.6 is 0 Å². The number of hydrogen-bond donors (Lipinski definition) is 0. The lowest BCUT2D eigenvalue weighted by Gasteiger charge is -2.21. The maximum atomic E-state index is 12.1. The van der Waals surface area contributed by atoms with E-state index >= 15 is 0 Å². The van der Waals surface area contributed by atoms with E-state index in [4.69, 9.17) is 0 Å². The number of nitrogens with zero attached hydrogens (tertiary/aromatic N) is 1. The lowest BCUT2D eigenvalue weighted by Crippen LogP contribution is -2.28. The zero-order valence-corrected chi connectivity index (χ0v) is 9.35. The van der Waals surface area contributed by atoms with E-state index < -0.39 is 0 Å². The van der Waals surface area contributed by atoms with Gasteiger partial charge in [-0.05, 0) is 31.8 Å². The molecule has 0 aliphatic rings. The summed E-state index contributed by atoms with van der Waals surface area (Å²) in [5.74, 6) is 0.777. The van der Waals surface area contributed by atoms with Crippen LogP contribution < -0.4 is 0 Å².